The lowest BCUT2D eigenvalue weighted by Gasteiger charge is -2.42. The summed E-state index contributed by atoms with van der Waals surface area (Å²) in [5.41, 5.74) is -1.26. The predicted octanol–water partition coefficient (Wildman–Crippen LogP) is 12.1. The average molecular weight is 657 g/mol. The van der Waals surface area contributed by atoms with E-state index in [1.807, 2.05) is 0 Å². The molecule has 3 saturated carbocycles. The number of alkyl halides is 5. The van der Waals surface area contributed by atoms with Gasteiger partial charge in [0.2, 0.25) is 0 Å². The third-order valence-corrected chi connectivity index (χ3v) is 11.1. The fraction of sp³-hybridized carbons (Fsp3) is 0.676. The molecule has 5 rings (SSSR count). The zero-order valence-corrected chi connectivity index (χ0v) is 26.4. The monoisotopic (exact) mass is 656 g/mol. The van der Waals surface area contributed by atoms with Crippen LogP contribution in [0.5, 0.6) is 5.75 Å². The largest absolute Gasteiger partial charge is 0.458 e. The molecule has 9 heteroatoms. The maximum atomic E-state index is 15.3. The van der Waals surface area contributed by atoms with Crippen LogP contribution in [0.4, 0.5) is 35.1 Å². The number of hydrogen-bond acceptors (Lipinski definition) is 1. The summed E-state index contributed by atoms with van der Waals surface area (Å²) in [6, 6.07) is 1.97. The maximum absolute atomic E-state index is 15.3. The Hall–Kier alpha value is -2.50. The summed E-state index contributed by atoms with van der Waals surface area (Å²) in [5, 5.41) is -1.31. The molecule has 0 aromatic heterocycles. The van der Waals surface area contributed by atoms with Crippen LogP contribution in [0, 0.1) is 64.8 Å². The SMILES string of the molecule is CCCCCC1CCC(C2CCC(C3CCC(C(F)(F)Oc4cc(F)c5c(F)c(C#CC(F)(F)F)c(F)cc5c4)CC3)CC2)CC1. The van der Waals surface area contributed by atoms with E-state index in [1.165, 1.54) is 70.1 Å². The number of fused-ring (bicyclic) bond motifs is 1. The van der Waals surface area contributed by atoms with Crippen molar-refractivity contribution in [3.8, 4) is 17.6 Å². The van der Waals surface area contributed by atoms with Gasteiger partial charge in [-0.3, -0.25) is 0 Å². The number of benzene rings is 2. The highest BCUT2D eigenvalue weighted by molar-refractivity contribution is 5.87. The van der Waals surface area contributed by atoms with Gasteiger partial charge in [-0.25, -0.2) is 13.2 Å². The molecule has 3 aliphatic carbocycles. The quantitative estimate of drug-likeness (QED) is 0.148. The van der Waals surface area contributed by atoms with Crippen LogP contribution in [0.1, 0.15) is 115 Å². The van der Waals surface area contributed by atoms with Crippen molar-refractivity contribution in [3.05, 3.63) is 41.2 Å². The average Bonchev–Trinajstić information content (AvgIpc) is 3.00. The van der Waals surface area contributed by atoms with Gasteiger partial charge in [0.1, 0.15) is 17.4 Å². The topological polar surface area (TPSA) is 9.23 Å². The van der Waals surface area contributed by atoms with Gasteiger partial charge in [0.15, 0.2) is 5.82 Å². The lowest BCUT2D eigenvalue weighted by Crippen LogP contribution is -2.38. The number of rotatable bonds is 9. The van der Waals surface area contributed by atoms with Crippen LogP contribution in [-0.2, 0) is 0 Å². The molecule has 0 bridgehead atoms. The third-order valence-electron chi connectivity index (χ3n) is 11.1. The second-order valence-electron chi connectivity index (χ2n) is 14.0. The molecule has 0 aliphatic heterocycles. The number of hydrogen-bond donors (Lipinski definition) is 0. The summed E-state index contributed by atoms with van der Waals surface area (Å²) in [5.74, 6) is -0.564. The summed E-state index contributed by atoms with van der Waals surface area (Å²) < 4.78 is 117. The van der Waals surface area contributed by atoms with Crippen molar-refractivity contribution >= 4 is 10.8 Å². The van der Waals surface area contributed by atoms with Gasteiger partial charge in [-0.2, -0.15) is 22.0 Å². The van der Waals surface area contributed by atoms with Crippen molar-refractivity contribution in [1.29, 1.82) is 0 Å². The van der Waals surface area contributed by atoms with Crippen molar-refractivity contribution in [2.45, 2.75) is 122 Å². The molecule has 1 nitrogen and oxygen atoms in total. The van der Waals surface area contributed by atoms with E-state index in [1.54, 1.807) is 0 Å². The van der Waals surface area contributed by atoms with Crippen LogP contribution in [-0.4, -0.2) is 12.3 Å². The van der Waals surface area contributed by atoms with Crippen molar-refractivity contribution < 1.29 is 39.9 Å². The summed E-state index contributed by atoms with van der Waals surface area (Å²) in [4.78, 5) is 0. The van der Waals surface area contributed by atoms with E-state index in [-0.39, 0.29) is 12.8 Å². The van der Waals surface area contributed by atoms with Gasteiger partial charge in [0.05, 0.1) is 16.9 Å². The Morgan fingerprint density at radius 3 is 1.78 bits per heavy atom. The maximum Gasteiger partial charge on any atom is 0.458 e. The van der Waals surface area contributed by atoms with Crippen LogP contribution in [0.15, 0.2) is 18.2 Å². The minimum atomic E-state index is -5.01. The highest BCUT2D eigenvalue weighted by Crippen LogP contribution is 2.48. The molecule has 0 amide bonds. The van der Waals surface area contributed by atoms with Crippen LogP contribution < -0.4 is 4.74 Å². The van der Waals surface area contributed by atoms with E-state index in [0.29, 0.717) is 36.8 Å². The Balaban J connectivity index is 1.13. The van der Waals surface area contributed by atoms with Gasteiger partial charge < -0.3 is 4.74 Å². The molecule has 3 fully saturated rings. The fourth-order valence-corrected chi connectivity index (χ4v) is 8.58. The van der Waals surface area contributed by atoms with E-state index in [4.69, 9.17) is 4.74 Å². The fourth-order valence-electron chi connectivity index (χ4n) is 8.58. The Kier molecular flexibility index (Phi) is 11.1. The van der Waals surface area contributed by atoms with Gasteiger partial charge in [0, 0.05) is 12.0 Å². The molecule has 0 heterocycles. The van der Waals surface area contributed by atoms with Gasteiger partial charge in [0.25, 0.3) is 0 Å². The molecule has 46 heavy (non-hydrogen) atoms. The van der Waals surface area contributed by atoms with E-state index in [2.05, 4.69) is 6.92 Å². The summed E-state index contributed by atoms with van der Waals surface area (Å²) in [7, 11) is 0. The van der Waals surface area contributed by atoms with Crippen LogP contribution >= 0.6 is 0 Å². The van der Waals surface area contributed by atoms with Crippen molar-refractivity contribution in [2.24, 2.45) is 35.5 Å². The Labute approximate surface area is 266 Å². The summed E-state index contributed by atoms with van der Waals surface area (Å²) in [6.07, 6.45) is 8.83. The number of unbranched alkanes of at least 4 members (excludes halogenated alkanes) is 2. The molecule has 0 N–H and O–H groups in total. The lowest BCUT2D eigenvalue weighted by molar-refractivity contribution is -0.224. The lowest BCUT2D eigenvalue weighted by atomic mass is 9.65. The zero-order valence-electron chi connectivity index (χ0n) is 26.4. The van der Waals surface area contributed by atoms with Gasteiger partial charge in [-0.05, 0) is 111 Å². The van der Waals surface area contributed by atoms with Gasteiger partial charge >= 0.3 is 12.3 Å². The second kappa shape index (κ2) is 14.7. The second-order valence-corrected chi connectivity index (χ2v) is 14.0. The zero-order chi connectivity index (χ0) is 33.1. The highest BCUT2D eigenvalue weighted by atomic mass is 19.4. The minimum absolute atomic E-state index is 0.264. The molecule has 0 unspecified atom stereocenters. The van der Waals surface area contributed by atoms with Crippen LogP contribution in [0.2, 0.25) is 0 Å². The van der Waals surface area contributed by atoms with Crippen molar-refractivity contribution in [2.75, 3.05) is 0 Å². The molecule has 0 radical (unpaired) electrons. The first-order chi connectivity index (χ1) is 21.8. The Bertz CT molecular complexity index is 1380. The molecule has 3 aliphatic rings. The van der Waals surface area contributed by atoms with Gasteiger partial charge in [-0.1, -0.05) is 51.4 Å². The van der Waals surface area contributed by atoms with Crippen molar-refractivity contribution in [1.82, 2.24) is 0 Å². The molecular weight excluding hydrogens is 612 g/mol. The van der Waals surface area contributed by atoms with Gasteiger partial charge in [-0.15, -0.1) is 0 Å². The first kappa shape index (κ1) is 34.8. The molecular formula is C37H44F8O. The highest BCUT2D eigenvalue weighted by Gasteiger charge is 2.45. The third kappa shape index (κ3) is 8.50. The normalized spacial score (nSPS) is 27.7. The Morgan fingerprint density at radius 1 is 0.696 bits per heavy atom. The summed E-state index contributed by atoms with van der Waals surface area (Å²) in [6.45, 7) is 2.25. The molecule has 0 spiro atoms. The van der Waals surface area contributed by atoms with E-state index >= 15 is 8.78 Å². The standard InChI is InChI=1S/C37H44F8O/c1-2-3-4-5-23-6-8-24(9-7-23)25-10-12-26(13-11-25)27-14-16-29(17-15-27)37(44,45)46-30-20-28-21-32(38)31(18-19-36(41,42)43)35(40)34(28)33(39)22-30/h20-27,29H,2-17H2,1H3. The predicted molar refractivity (Wildman–Crippen MR) is 163 cm³/mol. The van der Waals surface area contributed by atoms with Crippen molar-refractivity contribution in [3.63, 3.8) is 0 Å². The number of ether oxygens (including phenoxy) is 1. The van der Waals surface area contributed by atoms with Crippen LogP contribution in [0.3, 0.4) is 0 Å². The molecule has 254 valence electrons. The summed E-state index contributed by atoms with van der Waals surface area (Å²) >= 11 is 0. The number of halogens is 8. The molecule has 0 saturated heterocycles. The van der Waals surface area contributed by atoms with E-state index in [9.17, 15) is 26.3 Å². The Morgan fingerprint density at radius 2 is 1.24 bits per heavy atom. The smallest absolute Gasteiger partial charge is 0.432 e. The molecule has 0 atom stereocenters. The molecule has 2 aromatic rings. The van der Waals surface area contributed by atoms with E-state index < -0.39 is 57.7 Å². The van der Waals surface area contributed by atoms with E-state index in [0.717, 1.165) is 42.6 Å². The minimum Gasteiger partial charge on any atom is -0.432 e. The first-order valence-electron chi connectivity index (χ1n) is 17.1. The van der Waals surface area contributed by atoms with Crippen LogP contribution in [0.25, 0.3) is 10.8 Å². The molecule has 2 aromatic carbocycles. The first-order valence-corrected chi connectivity index (χ1v) is 17.1.